The average Bonchev–Trinajstić information content (AvgIpc) is 2.90. The number of halogens is 1. The van der Waals surface area contributed by atoms with E-state index in [2.05, 4.69) is 0 Å². The number of hydrogen-bond acceptors (Lipinski definition) is 4. The molecular weight excluding hydrogens is 283 g/mol. The monoisotopic (exact) mass is 296 g/mol. The lowest BCUT2D eigenvalue weighted by Crippen LogP contribution is -2.40. The lowest BCUT2D eigenvalue weighted by molar-refractivity contribution is -0.385. The molecule has 1 saturated heterocycles. The first-order chi connectivity index (χ1) is 9.82. The number of amides is 1. The molecule has 0 radical (unpaired) electrons. The van der Waals surface area contributed by atoms with Crippen molar-refractivity contribution in [1.29, 1.82) is 0 Å². The van der Waals surface area contributed by atoms with Gasteiger partial charge < -0.3 is 10.0 Å². The van der Waals surface area contributed by atoms with Gasteiger partial charge in [-0.3, -0.25) is 14.9 Å². The molecule has 112 valence electrons. The summed E-state index contributed by atoms with van der Waals surface area (Å²) in [6.07, 6.45) is 0.787. The molecule has 2 rings (SSSR count). The van der Waals surface area contributed by atoms with Gasteiger partial charge in [0.15, 0.2) is 0 Å². The number of carboxylic acids is 1. The van der Waals surface area contributed by atoms with Crippen LogP contribution in [0.4, 0.5) is 10.1 Å². The number of hydrogen-bond donors (Lipinski definition) is 1. The topological polar surface area (TPSA) is 101 Å². The molecule has 0 saturated carbocycles. The van der Waals surface area contributed by atoms with Gasteiger partial charge in [0, 0.05) is 18.7 Å². The normalized spacial score (nSPS) is 17.8. The van der Waals surface area contributed by atoms with Crippen LogP contribution in [-0.4, -0.2) is 39.4 Å². The van der Waals surface area contributed by atoms with Gasteiger partial charge in [-0.25, -0.2) is 9.18 Å². The Hall–Kier alpha value is -2.51. The Bertz CT molecular complexity index is 631. The molecule has 1 fully saturated rings. The summed E-state index contributed by atoms with van der Waals surface area (Å²) in [5.41, 5.74) is -0.892. The molecule has 0 spiro atoms. The Morgan fingerprint density at radius 3 is 2.71 bits per heavy atom. The Morgan fingerprint density at radius 2 is 2.14 bits per heavy atom. The van der Waals surface area contributed by atoms with Gasteiger partial charge in [-0.2, -0.15) is 0 Å². The maximum atomic E-state index is 14.1. The van der Waals surface area contributed by atoms with Crippen LogP contribution in [0.2, 0.25) is 0 Å². The molecule has 1 aliphatic rings. The van der Waals surface area contributed by atoms with Crippen molar-refractivity contribution < 1.29 is 24.0 Å². The second kappa shape index (κ2) is 5.47. The SMILES string of the molecule is Cc1cc([N+](=O)[O-])cc(C(=O)N2CCCC2C(=O)O)c1F. The van der Waals surface area contributed by atoms with Gasteiger partial charge in [-0.15, -0.1) is 0 Å². The van der Waals surface area contributed by atoms with Gasteiger partial charge in [0.1, 0.15) is 11.9 Å². The quantitative estimate of drug-likeness (QED) is 0.676. The summed E-state index contributed by atoms with van der Waals surface area (Å²) in [4.78, 5) is 34.5. The number of nitrogens with zero attached hydrogens (tertiary/aromatic N) is 2. The molecule has 0 bridgehead atoms. The minimum atomic E-state index is -1.16. The molecule has 1 heterocycles. The van der Waals surface area contributed by atoms with E-state index in [0.717, 1.165) is 17.0 Å². The third-order valence-electron chi connectivity index (χ3n) is 3.48. The zero-order chi connectivity index (χ0) is 15.7. The van der Waals surface area contributed by atoms with Crippen LogP contribution in [0.25, 0.3) is 0 Å². The van der Waals surface area contributed by atoms with Crippen molar-refractivity contribution in [2.24, 2.45) is 0 Å². The molecule has 0 aromatic heterocycles. The van der Waals surface area contributed by atoms with E-state index in [1.54, 1.807) is 0 Å². The Kier molecular flexibility index (Phi) is 3.88. The van der Waals surface area contributed by atoms with Crippen molar-refractivity contribution in [1.82, 2.24) is 4.90 Å². The second-order valence-corrected chi connectivity index (χ2v) is 4.88. The van der Waals surface area contributed by atoms with E-state index < -0.39 is 39.9 Å². The number of benzene rings is 1. The Balaban J connectivity index is 2.43. The van der Waals surface area contributed by atoms with Crippen molar-refractivity contribution in [3.63, 3.8) is 0 Å². The van der Waals surface area contributed by atoms with Crippen LogP contribution in [0.5, 0.6) is 0 Å². The predicted molar refractivity (Wildman–Crippen MR) is 69.5 cm³/mol. The third kappa shape index (κ3) is 2.69. The van der Waals surface area contributed by atoms with E-state index in [-0.39, 0.29) is 18.5 Å². The fourth-order valence-electron chi connectivity index (χ4n) is 2.43. The number of rotatable bonds is 3. The number of likely N-dealkylation sites (tertiary alicyclic amines) is 1. The van der Waals surface area contributed by atoms with E-state index in [1.807, 2.05) is 0 Å². The first-order valence-electron chi connectivity index (χ1n) is 6.31. The summed E-state index contributed by atoms with van der Waals surface area (Å²) >= 11 is 0. The highest BCUT2D eigenvalue weighted by Gasteiger charge is 2.36. The Morgan fingerprint density at radius 1 is 1.48 bits per heavy atom. The first kappa shape index (κ1) is 14.9. The number of non-ortho nitro benzene ring substituents is 1. The van der Waals surface area contributed by atoms with Crippen LogP contribution in [0.1, 0.15) is 28.8 Å². The van der Waals surface area contributed by atoms with Crippen LogP contribution < -0.4 is 0 Å². The van der Waals surface area contributed by atoms with Crippen molar-refractivity contribution in [3.05, 3.63) is 39.2 Å². The van der Waals surface area contributed by atoms with Gasteiger partial charge in [0.05, 0.1) is 10.5 Å². The Labute approximate surface area is 119 Å². The summed E-state index contributed by atoms with van der Waals surface area (Å²) in [6.45, 7) is 1.51. The van der Waals surface area contributed by atoms with Crippen LogP contribution in [0.3, 0.4) is 0 Å². The lowest BCUT2D eigenvalue weighted by Gasteiger charge is -2.21. The van der Waals surface area contributed by atoms with E-state index in [4.69, 9.17) is 5.11 Å². The number of aryl methyl sites for hydroxylation is 1. The largest absolute Gasteiger partial charge is 0.480 e. The molecule has 1 atom stereocenters. The predicted octanol–water partition coefficient (Wildman–Crippen LogP) is 1.73. The van der Waals surface area contributed by atoms with E-state index in [9.17, 15) is 24.1 Å². The molecule has 1 aromatic rings. The van der Waals surface area contributed by atoms with Gasteiger partial charge in [-0.05, 0) is 25.3 Å². The molecule has 1 N–H and O–H groups in total. The molecule has 8 heteroatoms. The van der Waals surface area contributed by atoms with Gasteiger partial charge in [-0.1, -0.05) is 0 Å². The zero-order valence-corrected chi connectivity index (χ0v) is 11.2. The molecule has 1 unspecified atom stereocenters. The summed E-state index contributed by atoms with van der Waals surface area (Å²) in [5, 5.41) is 19.8. The second-order valence-electron chi connectivity index (χ2n) is 4.88. The molecule has 0 aliphatic carbocycles. The number of carboxylic acid groups (broad SMARTS) is 1. The number of carbonyl (C=O) groups is 2. The fraction of sp³-hybridized carbons (Fsp3) is 0.385. The van der Waals surface area contributed by atoms with E-state index in [1.165, 1.54) is 6.92 Å². The van der Waals surface area contributed by atoms with Crippen LogP contribution in [0, 0.1) is 22.9 Å². The van der Waals surface area contributed by atoms with Crippen molar-refractivity contribution in [2.75, 3.05) is 6.54 Å². The molecular formula is C13H13FN2O5. The molecule has 7 nitrogen and oxygen atoms in total. The first-order valence-corrected chi connectivity index (χ1v) is 6.31. The minimum Gasteiger partial charge on any atom is -0.480 e. The maximum Gasteiger partial charge on any atom is 0.326 e. The van der Waals surface area contributed by atoms with Crippen molar-refractivity contribution in [2.45, 2.75) is 25.8 Å². The van der Waals surface area contributed by atoms with E-state index in [0.29, 0.717) is 6.42 Å². The van der Waals surface area contributed by atoms with Crippen molar-refractivity contribution >= 4 is 17.6 Å². The van der Waals surface area contributed by atoms with Gasteiger partial charge in [0.2, 0.25) is 0 Å². The number of carbonyl (C=O) groups excluding carboxylic acids is 1. The van der Waals surface area contributed by atoms with Crippen LogP contribution >= 0.6 is 0 Å². The number of nitro groups is 1. The number of aliphatic carboxylic acids is 1. The fourth-order valence-corrected chi connectivity index (χ4v) is 2.43. The molecule has 21 heavy (non-hydrogen) atoms. The van der Waals surface area contributed by atoms with Gasteiger partial charge in [0.25, 0.3) is 11.6 Å². The zero-order valence-electron chi connectivity index (χ0n) is 11.2. The lowest BCUT2D eigenvalue weighted by atomic mass is 10.1. The van der Waals surface area contributed by atoms with Crippen LogP contribution in [-0.2, 0) is 4.79 Å². The van der Waals surface area contributed by atoms with Gasteiger partial charge >= 0.3 is 5.97 Å². The minimum absolute atomic E-state index is 0.0291. The third-order valence-corrected chi connectivity index (χ3v) is 3.48. The summed E-state index contributed by atoms with van der Waals surface area (Å²) in [5.74, 6) is -2.85. The summed E-state index contributed by atoms with van der Waals surface area (Å²) in [6, 6.07) is 0.864. The highest BCUT2D eigenvalue weighted by Crippen LogP contribution is 2.26. The number of nitro benzene ring substituents is 1. The maximum absolute atomic E-state index is 14.1. The standard InChI is InChI=1S/C13H13FN2O5/c1-7-5-8(16(20)21)6-9(11(7)14)12(17)15-4-2-3-10(15)13(18)19/h5-6,10H,2-4H2,1H3,(H,18,19). The highest BCUT2D eigenvalue weighted by molar-refractivity contribution is 5.98. The summed E-state index contributed by atoms with van der Waals surface area (Å²) in [7, 11) is 0. The molecule has 1 aliphatic heterocycles. The molecule has 1 amide bonds. The van der Waals surface area contributed by atoms with Crippen LogP contribution in [0.15, 0.2) is 12.1 Å². The highest BCUT2D eigenvalue weighted by atomic mass is 19.1. The smallest absolute Gasteiger partial charge is 0.326 e. The molecule has 1 aromatic carbocycles. The van der Waals surface area contributed by atoms with E-state index >= 15 is 0 Å². The summed E-state index contributed by atoms with van der Waals surface area (Å²) < 4.78 is 14.1. The average molecular weight is 296 g/mol. The van der Waals surface area contributed by atoms with Crippen molar-refractivity contribution in [3.8, 4) is 0 Å².